The first-order valence-electron chi connectivity index (χ1n) is 6.71. The number of carbonyl (C=O) groups is 1. The molecule has 19 heavy (non-hydrogen) atoms. The number of rotatable bonds is 5. The molecule has 0 fully saturated rings. The quantitative estimate of drug-likeness (QED) is 0.898. The number of hydrogen-bond acceptors (Lipinski definition) is 2. The molecule has 2 rings (SSSR count). The Hall–Kier alpha value is -1.84. The first kappa shape index (κ1) is 13.6. The highest BCUT2D eigenvalue weighted by molar-refractivity contribution is 5.78. The van der Waals surface area contributed by atoms with E-state index in [2.05, 4.69) is 42.5 Å². The van der Waals surface area contributed by atoms with Crippen molar-refractivity contribution >= 4 is 17.0 Å². The fraction of sp³-hybridized carbons (Fsp3) is 0.467. The summed E-state index contributed by atoms with van der Waals surface area (Å²) in [4.78, 5) is 15.3. The van der Waals surface area contributed by atoms with E-state index in [4.69, 9.17) is 5.11 Å². The van der Waals surface area contributed by atoms with E-state index < -0.39 is 5.97 Å². The van der Waals surface area contributed by atoms with E-state index in [0.29, 0.717) is 6.42 Å². The van der Waals surface area contributed by atoms with Crippen molar-refractivity contribution in [3.8, 4) is 0 Å². The molecule has 1 aromatic carbocycles. The molecule has 0 saturated carbocycles. The molecule has 2 aromatic rings. The molecule has 0 spiro atoms. The summed E-state index contributed by atoms with van der Waals surface area (Å²) in [6, 6.07) is 4.23. The molecule has 0 amide bonds. The van der Waals surface area contributed by atoms with Gasteiger partial charge in [-0.3, -0.25) is 4.79 Å². The standard InChI is InChI=1S/C15H20N2O2/c1-4-7-17-13-9-11(3)10(2)8-12(13)16-14(17)5-6-15(18)19/h8-9H,4-7H2,1-3H3,(H,18,19). The fourth-order valence-corrected chi connectivity index (χ4v) is 2.31. The van der Waals surface area contributed by atoms with Crippen molar-refractivity contribution < 1.29 is 9.90 Å². The smallest absolute Gasteiger partial charge is 0.303 e. The Bertz CT molecular complexity index is 614. The molecule has 1 N–H and O–H groups in total. The van der Waals surface area contributed by atoms with Crippen LogP contribution in [0.3, 0.4) is 0 Å². The Labute approximate surface area is 113 Å². The van der Waals surface area contributed by atoms with Crippen LogP contribution >= 0.6 is 0 Å². The van der Waals surface area contributed by atoms with Crippen LogP contribution in [-0.2, 0) is 17.8 Å². The topological polar surface area (TPSA) is 55.1 Å². The van der Waals surface area contributed by atoms with Gasteiger partial charge in [-0.25, -0.2) is 4.98 Å². The minimum Gasteiger partial charge on any atom is -0.481 e. The Kier molecular flexibility index (Phi) is 3.88. The van der Waals surface area contributed by atoms with Crippen molar-refractivity contribution in [3.63, 3.8) is 0 Å². The zero-order valence-electron chi connectivity index (χ0n) is 11.7. The molecule has 0 atom stereocenters. The second kappa shape index (κ2) is 5.43. The number of aryl methyl sites for hydroxylation is 4. The van der Waals surface area contributed by atoms with E-state index >= 15 is 0 Å². The SMILES string of the molecule is CCCn1c(CCC(=O)O)nc2cc(C)c(C)cc21. The molecular weight excluding hydrogens is 240 g/mol. The average Bonchev–Trinajstić information content (AvgIpc) is 2.66. The molecule has 0 radical (unpaired) electrons. The molecule has 1 heterocycles. The Balaban J connectivity index is 2.49. The summed E-state index contributed by atoms with van der Waals surface area (Å²) in [5, 5.41) is 8.82. The highest BCUT2D eigenvalue weighted by atomic mass is 16.4. The largest absolute Gasteiger partial charge is 0.481 e. The number of carboxylic acids is 1. The maximum absolute atomic E-state index is 10.7. The van der Waals surface area contributed by atoms with Crippen LogP contribution in [0, 0.1) is 13.8 Å². The molecule has 1 aromatic heterocycles. The second-order valence-corrected chi connectivity index (χ2v) is 5.00. The maximum Gasteiger partial charge on any atom is 0.303 e. The van der Waals surface area contributed by atoms with Gasteiger partial charge in [-0.05, 0) is 43.5 Å². The van der Waals surface area contributed by atoms with Crippen LogP contribution in [0.4, 0.5) is 0 Å². The van der Waals surface area contributed by atoms with Crippen molar-refractivity contribution in [2.75, 3.05) is 0 Å². The number of carboxylic acid groups (broad SMARTS) is 1. The molecule has 4 heteroatoms. The maximum atomic E-state index is 10.7. The number of nitrogens with zero attached hydrogens (tertiary/aromatic N) is 2. The number of aliphatic carboxylic acids is 1. The highest BCUT2D eigenvalue weighted by Gasteiger charge is 2.12. The molecule has 4 nitrogen and oxygen atoms in total. The zero-order chi connectivity index (χ0) is 14.0. The summed E-state index contributed by atoms with van der Waals surface area (Å²) in [6.45, 7) is 7.17. The highest BCUT2D eigenvalue weighted by Crippen LogP contribution is 2.22. The number of benzene rings is 1. The summed E-state index contributed by atoms with van der Waals surface area (Å²) < 4.78 is 2.16. The predicted octanol–water partition coefficient (Wildman–Crippen LogP) is 3.08. The Morgan fingerprint density at radius 2 is 2.00 bits per heavy atom. The average molecular weight is 260 g/mol. The lowest BCUT2D eigenvalue weighted by atomic mass is 10.1. The third-order valence-electron chi connectivity index (χ3n) is 3.45. The molecule has 0 saturated heterocycles. The van der Waals surface area contributed by atoms with Gasteiger partial charge in [0.25, 0.3) is 0 Å². The minimum atomic E-state index is -0.775. The molecular formula is C15H20N2O2. The predicted molar refractivity (Wildman–Crippen MR) is 75.5 cm³/mol. The van der Waals surface area contributed by atoms with E-state index in [1.54, 1.807) is 0 Å². The van der Waals surface area contributed by atoms with Gasteiger partial charge in [0.15, 0.2) is 0 Å². The van der Waals surface area contributed by atoms with Crippen molar-refractivity contribution in [3.05, 3.63) is 29.1 Å². The molecule has 0 bridgehead atoms. The van der Waals surface area contributed by atoms with Crippen LogP contribution < -0.4 is 0 Å². The van der Waals surface area contributed by atoms with Crippen LogP contribution in [0.1, 0.15) is 36.7 Å². The van der Waals surface area contributed by atoms with Gasteiger partial charge in [0.1, 0.15) is 5.82 Å². The van der Waals surface area contributed by atoms with Crippen molar-refractivity contribution in [2.24, 2.45) is 0 Å². The summed E-state index contributed by atoms with van der Waals surface area (Å²) in [5.41, 5.74) is 4.55. The van der Waals surface area contributed by atoms with Crippen molar-refractivity contribution in [1.29, 1.82) is 0 Å². The second-order valence-electron chi connectivity index (χ2n) is 5.00. The fourth-order valence-electron chi connectivity index (χ4n) is 2.31. The van der Waals surface area contributed by atoms with Crippen molar-refractivity contribution in [2.45, 2.75) is 46.6 Å². The number of fused-ring (bicyclic) bond motifs is 1. The van der Waals surface area contributed by atoms with Crippen LogP contribution in [0.2, 0.25) is 0 Å². The van der Waals surface area contributed by atoms with Gasteiger partial charge in [0.05, 0.1) is 17.5 Å². The van der Waals surface area contributed by atoms with Gasteiger partial charge in [-0.2, -0.15) is 0 Å². The van der Waals surface area contributed by atoms with Crippen LogP contribution in [-0.4, -0.2) is 20.6 Å². The van der Waals surface area contributed by atoms with Gasteiger partial charge < -0.3 is 9.67 Å². The third kappa shape index (κ3) is 2.78. The van der Waals surface area contributed by atoms with E-state index in [1.165, 1.54) is 11.1 Å². The molecule has 0 aliphatic rings. The summed E-state index contributed by atoms with van der Waals surface area (Å²) in [6.07, 6.45) is 1.63. The molecule has 0 aliphatic carbocycles. The van der Waals surface area contributed by atoms with Crippen LogP contribution in [0.5, 0.6) is 0 Å². The zero-order valence-corrected chi connectivity index (χ0v) is 11.7. The van der Waals surface area contributed by atoms with Gasteiger partial charge >= 0.3 is 5.97 Å². The summed E-state index contributed by atoms with van der Waals surface area (Å²) >= 11 is 0. The van der Waals surface area contributed by atoms with E-state index in [1.807, 2.05) is 0 Å². The van der Waals surface area contributed by atoms with Crippen molar-refractivity contribution in [1.82, 2.24) is 9.55 Å². The first-order valence-corrected chi connectivity index (χ1v) is 6.71. The van der Waals surface area contributed by atoms with E-state index in [9.17, 15) is 4.79 Å². The minimum absolute atomic E-state index is 0.130. The molecule has 102 valence electrons. The number of imidazole rings is 1. The third-order valence-corrected chi connectivity index (χ3v) is 3.45. The Morgan fingerprint density at radius 3 is 2.63 bits per heavy atom. The van der Waals surface area contributed by atoms with Gasteiger partial charge in [-0.1, -0.05) is 6.92 Å². The lowest BCUT2D eigenvalue weighted by molar-refractivity contribution is -0.137. The number of hydrogen-bond donors (Lipinski definition) is 1. The van der Waals surface area contributed by atoms with Crippen LogP contribution in [0.15, 0.2) is 12.1 Å². The lowest BCUT2D eigenvalue weighted by Crippen LogP contribution is -2.06. The molecule has 0 aliphatic heterocycles. The monoisotopic (exact) mass is 260 g/mol. The summed E-state index contributed by atoms with van der Waals surface area (Å²) in [5.74, 6) is 0.103. The van der Waals surface area contributed by atoms with Gasteiger partial charge in [0.2, 0.25) is 0 Å². The van der Waals surface area contributed by atoms with Gasteiger partial charge in [0, 0.05) is 13.0 Å². The van der Waals surface area contributed by atoms with E-state index in [-0.39, 0.29) is 6.42 Å². The molecule has 0 unspecified atom stereocenters. The normalized spacial score (nSPS) is 11.1. The first-order chi connectivity index (χ1) is 9.02. The summed E-state index contributed by atoms with van der Waals surface area (Å²) in [7, 11) is 0. The number of aromatic nitrogens is 2. The van der Waals surface area contributed by atoms with Gasteiger partial charge in [-0.15, -0.1) is 0 Å². The van der Waals surface area contributed by atoms with Crippen LogP contribution in [0.25, 0.3) is 11.0 Å². The lowest BCUT2D eigenvalue weighted by Gasteiger charge is -2.07. The Morgan fingerprint density at radius 1 is 1.32 bits per heavy atom. The van der Waals surface area contributed by atoms with E-state index in [0.717, 1.165) is 29.8 Å².